The summed E-state index contributed by atoms with van der Waals surface area (Å²) in [4.78, 5) is 11.9. The molecule has 1 amide bonds. The molecular formula is C18H29BN2O6S. The largest absolute Gasteiger partial charge is 0.496 e. The Bertz CT molecular complexity index is 822. The standard InChI is InChI=1S/C18H29BN2O6S/c1-8-20-28(23,24)15-11-13(21-16(22)25-12(2)3)9-10-14(15)19-26-17(4,5)18(6,7)27-19/h9-12,20H,8H2,1-7H3,(H,21,22). The molecule has 1 aliphatic heterocycles. The molecule has 1 saturated heterocycles. The molecule has 1 aromatic rings. The van der Waals surface area contributed by atoms with Crippen molar-refractivity contribution in [2.24, 2.45) is 0 Å². The van der Waals surface area contributed by atoms with Crippen LogP contribution in [-0.4, -0.2) is 45.5 Å². The Hall–Kier alpha value is -1.62. The second kappa shape index (κ2) is 8.02. The summed E-state index contributed by atoms with van der Waals surface area (Å²) in [6, 6.07) is 4.55. The number of amides is 1. The number of rotatable bonds is 6. The monoisotopic (exact) mass is 412 g/mol. The molecule has 2 rings (SSSR count). The van der Waals surface area contributed by atoms with Crippen LogP contribution in [0.4, 0.5) is 10.5 Å². The van der Waals surface area contributed by atoms with Crippen LogP contribution in [-0.2, 0) is 24.1 Å². The SMILES string of the molecule is CCNS(=O)(=O)c1cc(NC(=O)OC(C)C)ccc1B1OC(C)(C)C(C)(C)O1. The third-order valence-electron chi connectivity index (χ3n) is 4.73. The van der Waals surface area contributed by atoms with E-state index in [2.05, 4.69) is 10.0 Å². The van der Waals surface area contributed by atoms with Crippen LogP contribution >= 0.6 is 0 Å². The van der Waals surface area contributed by atoms with Crippen LogP contribution in [0.5, 0.6) is 0 Å². The molecule has 0 bridgehead atoms. The van der Waals surface area contributed by atoms with E-state index in [1.165, 1.54) is 6.07 Å². The van der Waals surface area contributed by atoms with Crippen molar-refractivity contribution in [2.75, 3.05) is 11.9 Å². The van der Waals surface area contributed by atoms with Gasteiger partial charge in [0, 0.05) is 17.7 Å². The van der Waals surface area contributed by atoms with Gasteiger partial charge < -0.3 is 14.0 Å². The quantitative estimate of drug-likeness (QED) is 0.695. The number of anilines is 1. The van der Waals surface area contributed by atoms with Crippen molar-refractivity contribution in [2.45, 2.75) is 70.7 Å². The van der Waals surface area contributed by atoms with Crippen LogP contribution < -0.4 is 15.5 Å². The third-order valence-corrected chi connectivity index (χ3v) is 6.34. The third kappa shape index (κ3) is 4.86. The Morgan fingerprint density at radius 3 is 2.25 bits per heavy atom. The summed E-state index contributed by atoms with van der Waals surface area (Å²) >= 11 is 0. The molecule has 0 saturated carbocycles. The molecule has 156 valence electrons. The Morgan fingerprint density at radius 1 is 1.18 bits per heavy atom. The highest BCUT2D eigenvalue weighted by Gasteiger charge is 2.52. The average Bonchev–Trinajstić information content (AvgIpc) is 2.74. The van der Waals surface area contributed by atoms with Crippen LogP contribution in [0.25, 0.3) is 0 Å². The molecule has 1 heterocycles. The molecule has 1 aliphatic rings. The molecular weight excluding hydrogens is 383 g/mol. The van der Waals surface area contributed by atoms with E-state index in [1.807, 2.05) is 27.7 Å². The minimum atomic E-state index is -3.84. The number of hydrogen-bond donors (Lipinski definition) is 2. The van der Waals surface area contributed by atoms with E-state index in [1.54, 1.807) is 32.9 Å². The lowest BCUT2D eigenvalue weighted by Gasteiger charge is -2.32. The summed E-state index contributed by atoms with van der Waals surface area (Å²) < 4.78 is 45.1. The Kier molecular flexibility index (Phi) is 6.49. The molecule has 28 heavy (non-hydrogen) atoms. The van der Waals surface area contributed by atoms with Gasteiger partial charge in [-0.1, -0.05) is 13.0 Å². The molecule has 10 heteroatoms. The lowest BCUT2D eigenvalue weighted by atomic mass is 9.79. The van der Waals surface area contributed by atoms with Gasteiger partial charge in [-0.25, -0.2) is 17.9 Å². The highest BCUT2D eigenvalue weighted by atomic mass is 32.2. The number of sulfonamides is 1. The van der Waals surface area contributed by atoms with Gasteiger partial charge in [-0.2, -0.15) is 0 Å². The summed E-state index contributed by atoms with van der Waals surface area (Å²) in [5, 5.41) is 2.54. The molecule has 1 fully saturated rings. The molecule has 0 radical (unpaired) electrons. The molecule has 0 atom stereocenters. The second-order valence-corrected chi connectivity index (χ2v) is 9.66. The molecule has 1 aromatic carbocycles. The first-order chi connectivity index (χ1) is 12.8. The molecule has 2 N–H and O–H groups in total. The van der Waals surface area contributed by atoms with Gasteiger partial charge in [0.25, 0.3) is 0 Å². The first-order valence-corrected chi connectivity index (χ1v) is 10.7. The second-order valence-electron chi connectivity index (χ2n) is 7.92. The van der Waals surface area contributed by atoms with Gasteiger partial charge in [0.1, 0.15) is 0 Å². The predicted octanol–water partition coefficient (Wildman–Crippen LogP) is 2.24. The Labute approximate surface area is 167 Å². The van der Waals surface area contributed by atoms with Crippen molar-refractivity contribution in [3.8, 4) is 0 Å². The fourth-order valence-corrected chi connectivity index (χ4v) is 3.93. The van der Waals surface area contributed by atoms with Crippen molar-refractivity contribution in [1.29, 1.82) is 0 Å². The van der Waals surface area contributed by atoms with E-state index in [-0.39, 0.29) is 17.5 Å². The summed E-state index contributed by atoms with van der Waals surface area (Å²) in [7, 11) is -4.69. The maximum atomic E-state index is 12.8. The minimum Gasteiger partial charge on any atom is -0.447 e. The molecule has 0 spiro atoms. The zero-order chi connectivity index (χ0) is 21.3. The first-order valence-electron chi connectivity index (χ1n) is 9.26. The lowest BCUT2D eigenvalue weighted by molar-refractivity contribution is 0.00578. The van der Waals surface area contributed by atoms with Crippen LogP contribution in [0.2, 0.25) is 0 Å². The van der Waals surface area contributed by atoms with E-state index in [0.29, 0.717) is 11.2 Å². The zero-order valence-corrected chi connectivity index (χ0v) is 18.3. The number of ether oxygens (including phenoxy) is 1. The molecule has 8 nitrogen and oxygen atoms in total. The zero-order valence-electron chi connectivity index (χ0n) is 17.5. The van der Waals surface area contributed by atoms with Gasteiger partial charge in [0.15, 0.2) is 0 Å². The molecule has 0 unspecified atom stereocenters. The summed E-state index contributed by atoms with van der Waals surface area (Å²) in [6.45, 7) is 12.9. The van der Waals surface area contributed by atoms with E-state index in [9.17, 15) is 13.2 Å². The maximum absolute atomic E-state index is 12.8. The molecule has 0 aromatic heterocycles. The van der Waals surface area contributed by atoms with E-state index < -0.39 is 34.4 Å². The molecule has 0 aliphatic carbocycles. The summed E-state index contributed by atoms with van der Waals surface area (Å²) in [5.41, 5.74) is -0.575. The van der Waals surface area contributed by atoms with E-state index in [4.69, 9.17) is 14.0 Å². The lowest BCUT2D eigenvalue weighted by Crippen LogP contribution is -2.41. The van der Waals surface area contributed by atoms with E-state index >= 15 is 0 Å². The van der Waals surface area contributed by atoms with Crippen molar-refractivity contribution in [1.82, 2.24) is 4.72 Å². The summed E-state index contributed by atoms with van der Waals surface area (Å²) in [6.07, 6.45) is -0.959. The van der Waals surface area contributed by atoms with Gasteiger partial charge in [-0.3, -0.25) is 5.32 Å². The van der Waals surface area contributed by atoms with Crippen molar-refractivity contribution in [3.63, 3.8) is 0 Å². The van der Waals surface area contributed by atoms with Gasteiger partial charge in [0.2, 0.25) is 10.0 Å². The number of benzene rings is 1. The maximum Gasteiger partial charge on any atom is 0.496 e. The topological polar surface area (TPSA) is 103 Å². The fraction of sp³-hybridized carbons (Fsp3) is 0.611. The van der Waals surface area contributed by atoms with E-state index in [0.717, 1.165) is 0 Å². The van der Waals surface area contributed by atoms with Crippen LogP contribution in [0.15, 0.2) is 23.1 Å². The number of carbonyl (C=O) groups excluding carboxylic acids is 1. The van der Waals surface area contributed by atoms with Crippen molar-refractivity contribution >= 4 is 34.4 Å². The van der Waals surface area contributed by atoms with Crippen molar-refractivity contribution < 1.29 is 27.3 Å². The minimum absolute atomic E-state index is 0.0183. The highest BCUT2D eigenvalue weighted by molar-refractivity contribution is 7.89. The first kappa shape index (κ1) is 22.7. The number of carbonyl (C=O) groups is 1. The number of nitrogens with one attached hydrogen (secondary N) is 2. The van der Waals surface area contributed by atoms with Gasteiger partial charge >= 0.3 is 13.2 Å². The van der Waals surface area contributed by atoms with Crippen molar-refractivity contribution in [3.05, 3.63) is 18.2 Å². The fourth-order valence-electron chi connectivity index (χ4n) is 2.64. The van der Waals surface area contributed by atoms with Crippen LogP contribution in [0, 0.1) is 0 Å². The van der Waals surface area contributed by atoms with Crippen LogP contribution in [0.1, 0.15) is 48.5 Å². The summed E-state index contributed by atoms with van der Waals surface area (Å²) in [5.74, 6) is 0. The number of hydrogen-bond acceptors (Lipinski definition) is 6. The van der Waals surface area contributed by atoms with Gasteiger partial charge in [0.05, 0.1) is 22.2 Å². The Morgan fingerprint density at radius 2 is 1.75 bits per heavy atom. The normalized spacial score (nSPS) is 18.4. The van der Waals surface area contributed by atoms with Gasteiger partial charge in [-0.05, 0) is 53.7 Å². The smallest absolute Gasteiger partial charge is 0.447 e. The average molecular weight is 412 g/mol. The highest BCUT2D eigenvalue weighted by Crippen LogP contribution is 2.37. The Balaban J connectivity index is 2.45. The predicted molar refractivity (Wildman–Crippen MR) is 108 cm³/mol. The van der Waals surface area contributed by atoms with Gasteiger partial charge in [-0.15, -0.1) is 0 Å². The van der Waals surface area contributed by atoms with Crippen LogP contribution in [0.3, 0.4) is 0 Å².